The summed E-state index contributed by atoms with van der Waals surface area (Å²) in [6, 6.07) is 8.61. The van der Waals surface area contributed by atoms with Gasteiger partial charge in [-0.3, -0.25) is 20.2 Å². The zero-order chi connectivity index (χ0) is 18.2. The molecule has 8 nitrogen and oxygen atoms in total. The number of nitrogens with zero attached hydrogens (tertiary/aromatic N) is 1. The Bertz CT molecular complexity index is 765. The van der Waals surface area contributed by atoms with Gasteiger partial charge in [0.15, 0.2) is 0 Å². The van der Waals surface area contributed by atoms with Gasteiger partial charge >= 0.3 is 11.9 Å². The number of benzene rings is 1. The van der Waals surface area contributed by atoms with Gasteiger partial charge in [0.2, 0.25) is 0 Å². The smallest absolute Gasteiger partial charge is 0.352 e. The molecule has 0 aliphatic carbocycles. The average molecular weight is 364 g/mol. The molecule has 1 unspecified atom stereocenters. The molecule has 0 bridgehead atoms. The number of carboxylic acids is 1. The molecule has 0 saturated carbocycles. The normalized spacial score (nSPS) is 25.1. The summed E-state index contributed by atoms with van der Waals surface area (Å²) in [7, 11) is 0. The first-order valence-electron chi connectivity index (χ1n) is 7.41. The van der Waals surface area contributed by atoms with Gasteiger partial charge in [0, 0.05) is 18.2 Å². The summed E-state index contributed by atoms with van der Waals surface area (Å²) in [5.41, 5.74) is 4.63. The van der Waals surface area contributed by atoms with Crippen molar-refractivity contribution in [3.8, 4) is 5.75 Å². The summed E-state index contributed by atoms with van der Waals surface area (Å²) in [4.78, 5) is 36.3. The number of nitrogens with two attached hydrogens (primary N) is 1. The van der Waals surface area contributed by atoms with Crippen molar-refractivity contribution < 1.29 is 29.0 Å². The van der Waals surface area contributed by atoms with E-state index in [4.69, 9.17) is 15.2 Å². The van der Waals surface area contributed by atoms with Gasteiger partial charge in [-0.25, -0.2) is 4.79 Å². The van der Waals surface area contributed by atoms with Crippen LogP contribution in [0, 0.1) is 0 Å². The lowest BCUT2D eigenvalue weighted by molar-refractivity contribution is -0.172. The maximum absolute atomic E-state index is 12.6. The van der Waals surface area contributed by atoms with Crippen molar-refractivity contribution in [2.75, 3.05) is 12.4 Å². The van der Waals surface area contributed by atoms with Crippen molar-refractivity contribution in [3.05, 3.63) is 41.6 Å². The lowest BCUT2D eigenvalue weighted by Gasteiger charge is -2.54. The Morgan fingerprint density at radius 3 is 2.68 bits per heavy atom. The van der Waals surface area contributed by atoms with E-state index in [9.17, 15) is 19.5 Å². The fourth-order valence-electron chi connectivity index (χ4n) is 2.69. The Morgan fingerprint density at radius 2 is 2.08 bits per heavy atom. The van der Waals surface area contributed by atoms with Crippen molar-refractivity contribution in [2.45, 2.75) is 18.0 Å². The third-order valence-electron chi connectivity index (χ3n) is 3.83. The number of β-lactam (4-membered cyclic amide) rings is 1. The van der Waals surface area contributed by atoms with Crippen LogP contribution < -0.4 is 10.5 Å². The highest BCUT2D eigenvalue weighted by Gasteiger charge is 2.65. The molecular formula is C16H16N2O6S. The van der Waals surface area contributed by atoms with Gasteiger partial charge in [0.25, 0.3) is 11.6 Å². The van der Waals surface area contributed by atoms with E-state index < -0.39 is 28.9 Å². The number of ether oxygens (including phenoxy) is 2. The highest BCUT2D eigenvalue weighted by Crippen LogP contribution is 2.45. The largest absolute Gasteiger partial charge is 0.477 e. The summed E-state index contributed by atoms with van der Waals surface area (Å²) >= 11 is 1.27. The minimum absolute atomic E-state index is 0.183. The topological polar surface area (TPSA) is 119 Å². The Balaban J connectivity index is 1.86. The Morgan fingerprint density at radius 1 is 1.40 bits per heavy atom. The fraction of sp³-hybridized carbons (Fsp3) is 0.312. The minimum Gasteiger partial charge on any atom is -0.477 e. The van der Waals surface area contributed by atoms with Crippen molar-refractivity contribution >= 4 is 29.6 Å². The molecule has 1 amide bonds. The van der Waals surface area contributed by atoms with E-state index in [1.165, 1.54) is 18.7 Å². The number of rotatable bonds is 5. The van der Waals surface area contributed by atoms with Crippen molar-refractivity contribution in [1.29, 1.82) is 0 Å². The summed E-state index contributed by atoms with van der Waals surface area (Å²) in [6.45, 7) is 1.05. The van der Waals surface area contributed by atoms with Gasteiger partial charge in [-0.15, -0.1) is 11.8 Å². The molecule has 2 atom stereocenters. The van der Waals surface area contributed by atoms with Crippen molar-refractivity contribution in [2.24, 2.45) is 5.73 Å². The van der Waals surface area contributed by atoms with Crippen LogP contribution in [-0.4, -0.2) is 51.3 Å². The molecule has 0 spiro atoms. The highest BCUT2D eigenvalue weighted by molar-refractivity contribution is 8.00. The zero-order valence-electron chi connectivity index (χ0n) is 13.3. The Hall–Kier alpha value is -2.52. The van der Waals surface area contributed by atoms with Crippen molar-refractivity contribution in [3.63, 3.8) is 0 Å². The number of aliphatic carboxylic acids is 1. The van der Waals surface area contributed by atoms with Gasteiger partial charge in [0.05, 0.1) is 0 Å². The second kappa shape index (κ2) is 6.41. The van der Waals surface area contributed by atoms with Crippen LogP contribution in [0.5, 0.6) is 5.75 Å². The van der Waals surface area contributed by atoms with Crippen LogP contribution in [0.15, 0.2) is 41.6 Å². The summed E-state index contributed by atoms with van der Waals surface area (Å²) < 4.78 is 10.5. The first-order valence-corrected chi connectivity index (χ1v) is 8.46. The van der Waals surface area contributed by atoms with Crippen LogP contribution in [0.4, 0.5) is 0 Å². The monoisotopic (exact) mass is 364 g/mol. The first kappa shape index (κ1) is 17.3. The molecule has 1 fully saturated rings. The second-order valence-corrected chi connectivity index (χ2v) is 6.65. The highest BCUT2D eigenvalue weighted by atomic mass is 32.2. The number of para-hydroxylation sites is 1. The second-order valence-electron chi connectivity index (χ2n) is 5.58. The lowest BCUT2D eigenvalue weighted by atomic mass is 9.99. The van der Waals surface area contributed by atoms with Gasteiger partial charge < -0.3 is 14.6 Å². The van der Waals surface area contributed by atoms with Crippen LogP contribution in [0.3, 0.4) is 0 Å². The third-order valence-corrected chi connectivity index (χ3v) is 5.22. The number of hydrogen-bond donors (Lipinski definition) is 2. The van der Waals surface area contributed by atoms with Gasteiger partial charge in [-0.2, -0.15) is 0 Å². The van der Waals surface area contributed by atoms with Crippen LogP contribution in [-0.2, 0) is 19.1 Å². The molecule has 0 radical (unpaired) electrons. The summed E-state index contributed by atoms with van der Waals surface area (Å²) in [5.74, 6) is -1.76. The number of thioether (sulfide) groups is 1. The average Bonchev–Trinajstić information content (AvgIpc) is 2.59. The molecule has 1 saturated heterocycles. The van der Waals surface area contributed by atoms with E-state index in [2.05, 4.69) is 0 Å². The van der Waals surface area contributed by atoms with E-state index in [1.54, 1.807) is 30.3 Å². The zero-order valence-corrected chi connectivity index (χ0v) is 14.1. The minimum atomic E-state index is -1.64. The molecule has 3 N–H and O–H groups in total. The third kappa shape index (κ3) is 2.96. The van der Waals surface area contributed by atoms with Crippen LogP contribution in [0.25, 0.3) is 0 Å². The van der Waals surface area contributed by atoms with E-state index in [-0.39, 0.29) is 18.1 Å². The number of fused-ring (bicyclic) bond motifs is 1. The number of carbonyl (C=O) groups excluding carboxylic acids is 2. The predicted octanol–water partition coefficient (Wildman–Crippen LogP) is 0.537. The molecule has 2 heterocycles. The summed E-state index contributed by atoms with van der Waals surface area (Å²) in [6.07, 6.45) is 0. The van der Waals surface area contributed by atoms with Gasteiger partial charge in [0.1, 0.15) is 23.4 Å². The SMILES string of the molecule is CC(=O)OCC1=C(C(=O)O)N2C(=O)C(N)(Oc3ccccc3)[C@H]2SC1. The van der Waals surface area contributed by atoms with Crippen LogP contribution >= 0.6 is 11.8 Å². The number of carboxylic acid groups (broad SMARTS) is 1. The molecule has 132 valence electrons. The molecular weight excluding hydrogens is 348 g/mol. The standard InChI is InChI=1S/C16H16N2O6S/c1-9(19)23-7-10-8-25-15-16(17,24-11-5-3-2-4-6-11)14(22)18(15)12(10)13(20)21/h2-6,15H,7-8,17H2,1H3,(H,20,21)/t15-,16?/m1/s1. The lowest BCUT2D eigenvalue weighted by Crippen LogP contribution is -2.80. The molecule has 1 aromatic carbocycles. The van der Waals surface area contributed by atoms with Crippen LogP contribution in [0.1, 0.15) is 6.92 Å². The number of esters is 1. The van der Waals surface area contributed by atoms with Gasteiger partial charge in [-0.1, -0.05) is 18.2 Å². The first-order chi connectivity index (χ1) is 11.8. The Kier molecular flexibility index (Phi) is 4.44. The molecule has 25 heavy (non-hydrogen) atoms. The molecule has 1 aromatic rings. The van der Waals surface area contributed by atoms with Gasteiger partial charge in [-0.05, 0) is 12.1 Å². The molecule has 0 aromatic heterocycles. The predicted molar refractivity (Wildman–Crippen MR) is 88.4 cm³/mol. The summed E-state index contributed by atoms with van der Waals surface area (Å²) in [5, 5.41) is 8.82. The molecule has 3 rings (SSSR count). The quantitative estimate of drug-likeness (QED) is 0.441. The maximum Gasteiger partial charge on any atom is 0.352 e. The maximum atomic E-state index is 12.6. The van der Waals surface area contributed by atoms with E-state index >= 15 is 0 Å². The van der Waals surface area contributed by atoms with Crippen LogP contribution in [0.2, 0.25) is 0 Å². The number of carbonyl (C=O) groups is 3. The fourth-order valence-corrected chi connectivity index (χ4v) is 4.02. The molecule has 9 heteroatoms. The van der Waals surface area contributed by atoms with E-state index in [0.717, 1.165) is 4.90 Å². The number of hydrogen-bond acceptors (Lipinski definition) is 7. The molecule has 2 aliphatic heterocycles. The number of amides is 1. The van der Waals surface area contributed by atoms with Crippen molar-refractivity contribution in [1.82, 2.24) is 4.90 Å². The Labute approximate surface area is 147 Å². The molecule has 2 aliphatic rings. The van der Waals surface area contributed by atoms with E-state index in [0.29, 0.717) is 11.3 Å². The van der Waals surface area contributed by atoms with E-state index in [1.807, 2.05) is 0 Å².